The monoisotopic (exact) mass is 430 g/mol. The highest BCUT2D eigenvalue weighted by Gasteiger charge is 2.34. The van der Waals surface area contributed by atoms with E-state index in [-0.39, 0.29) is 17.2 Å². The molecule has 1 heterocycles. The van der Waals surface area contributed by atoms with Crippen molar-refractivity contribution in [1.29, 1.82) is 0 Å². The van der Waals surface area contributed by atoms with Gasteiger partial charge in [0.05, 0.1) is 16.1 Å². The third kappa shape index (κ3) is 4.73. The molecule has 154 valence electrons. The van der Waals surface area contributed by atoms with Gasteiger partial charge in [0.15, 0.2) is 0 Å². The fourth-order valence-corrected chi connectivity index (χ4v) is 5.26. The molecule has 0 fully saturated rings. The Morgan fingerprint density at radius 3 is 2.66 bits per heavy atom. The van der Waals surface area contributed by atoms with Crippen molar-refractivity contribution in [2.45, 2.75) is 40.0 Å². The number of hydrogen-bond donors (Lipinski definition) is 2. The van der Waals surface area contributed by atoms with E-state index < -0.39 is 0 Å². The van der Waals surface area contributed by atoms with Gasteiger partial charge in [-0.2, -0.15) is 0 Å². The molecule has 0 spiro atoms. The molecule has 2 amide bonds. The predicted octanol–water partition coefficient (Wildman–Crippen LogP) is 5.72. The molecule has 2 N–H and O–H groups in total. The zero-order valence-corrected chi connectivity index (χ0v) is 18.7. The first-order chi connectivity index (χ1) is 13.7. The molecular formula is C23H27ClN2O2S. The van der Waals surface area contributed by atoms with E-state index in [1.54, 1.807) is 30.3 Å². The standard InChI is InChI=1S/C23H27ClN2O2S/c1-5-12-25-21(28)19-16-11-10-14(23(2,3)4)13-18(16)29-22(19)26-20(27)15-8-6-7-9-17(15)24/h5-9,14H,1,10-13H2,2-4H3,(H,25,28)(H,26,27). The Labute approximate surface area is 181 Å². The number of halogens is 1. The van der Waals surface area contributed by atoms with Gasteiger partial charge in [0.1, 0.15) is 5.00 Å². The summed E-state index contributed by atoms with van der Waals surface area (Å²) >= 11 is 7.69. The normalized spacial score (nSPS) is 16.1. The summed E-state index contributed by atoms with van der Waals surface area (Å²) in [6.45, 7) is 10.8. The molecule has 1 atom stereocenters. The van der Waals surface area contributed by atoms with Gasteiger partial charge >= 0.3 is 0 Å². The second-order valence-electron chi connectivity index (χ2n) is 8.45. The molecular weight excluding hydrogens is 404 g/mol. The summed E-state index contributed by atoms with van der Waals surface area (Å²) < 4.78 is 0. The van der Waals surface area contributed by atoms with Crippen molar-refractivity contribution in [1.82, 2.24) is 5.32 Å². The Morgan fingerprint density at radius 1 is 1.28 bits per heavy atom. The van der Waals surface area contributed by atoms with Crippen molar-refractivity contribution in [3.8, 4) is 0 Å². The number of thiophene rings is 1. The van der Waals surface area contributed by atoms with E-state index in [2.05, 4.69) is 38.0 Å². The van der Waals surface area contributed by atoms with Crippen molar-refractivity contribution < 1.29 is 9.59 Å². The first-order valence-electron chi connectivity index (χ1n) is 9.82. The Balaban J connectivity index is 1.96. The molecule has 1 aromatic heterocycles. The van der Waals surface area contributed by atoms with Gasteiger partial charge in [0.25, 0.3) is 11.8 Å². The molecule has 0 aliphatic heterocycles. The molecule has 1 aromatic carbocycles. The summed E-state index contributed by atoms with van der Waals surface area (Å²) in [5, 5.41) is 6.79. The Kier molecular flexibility index (Phi) is 6.49. The zero-order chi connectivity index (χ0) is 21.2. The van der Waals surface area contributed by atoms with Gasteiger partial charge < -0.3 is 10.6 Å². The number of hydrogen-bond acceptors (Lipinski definition) is 3. The highest BCUT2D eigenvalue weighted by atomic mass is 35.5. The van der Waals surface area contributed by atoms with Crippen LogP contribution in [0.1, 0.15) is 58.3 Å². The van der Waals surface area contributed by atoms with E-state index >= 15 is 0 Å². The summed E-state index contributed by atoms with van der Waals surface area (Å²) in [6, 6.07) is 6.91. The highest BCUT2D eigenvalue weighted by Crippen LogP contribution is 2.44. The van der Waals surface area contributed by atoms with Crippen molar-refractivity contribution in [2.24, 2.45) is 11.3 Å². The van der Waals surface area contributed by atoms with Crippen LogP contribution in [0.25, 0.3) is 0 Å². The van der Waals surface area contributed by atoms with E-state index in [1.807, 2.05) is 0 Å². The fraction of sp³-hybridized carbons (Fsp3) is 0.391. The molecule has 0 radical (unpaired) electrons. The van der Waals surface area contributed by atoms with Crippen molar-refractivity contribution in [3.63, 3.8) is 0 Å². The van der Waals surface area contributed by atoms with Crippen LogP contribution >= 0.6 is 22.9 Å². The molecule has 6 heteroatoms. The maximum atomic E-state index is 12.9. The third-order valence-electron chi connectivity index (χ3n) is 5.47. The largest absolute Gasteiger partial charge is 0.348 e. The Morgan fingerprint density at radius 2 is 2.00 bits per heavy atom. The first-order valence-corrected chi connectivity index (χ1v) is 11.0. The van der Waals surface area contributed by atoms with Gasteiger partial charge in [0, 0.05) is 11.4 Å². The van der Waals surface area contributed by atoms with Gasteiger partial charge in [-0.25, -0.2) is 0 Å². The minimum absolute atomic E-state index is 0.175. The van der Waals surface area contributed by atoms with Crippen LogP contribution in [0, 0.1) is 11.3 Å². The molecule has 29 heavy (non-hydrogen) atoms. The predicted molar refractivity (Wildman–Crippen MR) is 121 cm³/mol. The molecule has 0 saturated heterocycles. The molecule has 0 saturated carbocycles. The van der Waals surface area contributed by atoms with Crippen LogP contribution in [0.5, 0.6) is 0 Å². The second-order valence-corrected chi connectivity index (χ2v) is 9.96. The number of carbonyl (C=O) groups excluding carboxylic acids is 2. The van der Waals surface area contributed by atoms with Gasteiger partial charge in [-0.3, -0.25) is 9.59 Å². The smallest absolute Gasteiger partial charge is 0.257 e. The number of rotatable bonds is 5. The van der Waals surface area contributed by atoms with Crippen LogP contribution in [0.4, 0.5) is 5.00 Å². The van der Waals surface area contributed by atoms with E-state index in [9.17, 15) is 9.59 Å². The summed E-state index contributed by atoms with van der Waals surface area (Å²) in [6.07, 6.45) is 4.45. The van der Waals surface area contributed by atoms with Crippen LogP contribution in [-0.4, -0.2) is 18.4 Å². The molecule has 0 bridgehead atoms. The van der Waals surface area contributed by atoms with Crippen LogP contribution in [0.3, 0.4) is 0 Å². The van der Waals surface area contributed by atoms with Gasteiger partial charge in [-0.05, 0) is 48.3 Å². The number of amides is 2. The zero-order valence-electron chi connectivity index (χ0n) is 17.1. The van der Waals surface area contributed by atoms with Crippen molar-refractivity contribution in [2.75, 3.05) is 11.9 Å². The first kappa shape index (κ1) is 21.6. The van der Waals surface area contributed by atoms with Crippen LogP contribution in [-0.2, 0) is 12.8 Å². The molecule has 3 rings (SSSR count). The lowest BCUT2D eigenvalue weighted by atomic mass is 9.72. The molecule has 1 aliphatic rings. The Bertz CT molecular complexity index is 943. The summed E-state index contributed by atoms with van der Waals surface area (Å²) in [5.41, 5.74) is 2.24. The average Bonchev–Trinajstić information content (AvgIpc) is 3.02. The number of fused-ring (bicyclic) bond motifs is 1. The highest BCUT2D eigenvalue weighted by molar-refractivity contribution is 7.17. The van der Waals surface area contributed by atoms with Crippen LogP contribution in [0.2, 0.25) is 5.02 Å². The summed E-state index contributed by atoms with van der Waals surface area (Å²) in [5.74, 6) is 0.0651. The lowest BCUT2D eigenvalue weighted by Gasteiger charge is -2.33. The minimum atomic E-state index is -0.306. The van der Waals surface area contributed by atoms with E-state index in [1.165, 1.54) is 16.2 Å². The molecule has 1 aliphatic carbocycles. The van der Waals surface area contributed by atoms with Crippen molar-refractivity contribution in [3.05, 3.63) is 63.5 Å². The summed E-state index contributed by atoms with van der Waals surface area (Å²) in [7, 11) is 0. The summed E-state index contributed by atoms with van der Waals surface area (Å²) in [4.78, 5) is 26.9. The topological polar surface area (TPSA) is 58.2 Å². The number of benzene rings is 1. The lowest BCUT2D eigenvalue weighted by molar-refractivity contribution is 0.0957. The van der Waals surface area contributed by atoms with Gasteiger partial charge in [-0.15, -0.1) is 17.9 Å². The van der Waals surface area contributed by atoms with Crippen LogP contribution < -0.4 is 10.6 Å². The van der Waals surface area contributed by atoms with Crippen LogP contribution in [0.15, 0.2) is 36.9 Å². The van der Waals surface area contributed by atoms with E-state index in [0.29, 0.717) is 33.6 Å². The number of nitrogens with one attached hydrogen (secondary N) is 2. The van der Waals surface area contributed by atoms with E-state index in [4.69, 9.17) is 11.6 Å². The van der Waals surface area contributed by atoms with Crippen molar-refractivity contribution >= 4 is 39.8 Å². The van der Waals surface area contributed by atoms with Gasteiger partial charge in [-0.1, -0.05) is 50.6 Å². The van der Waals surface area contributed by atoms with Gasteiger partial charge in [0.2, 0.25) is 0 Å². The Hall–Kier alpha value is -2.11. The lowest BCUT2D eigenvalue weighted by Crippen LogP contribution is -2.28. The number of carbonyl (C=O) groups is 2. The second kappa shape index (κ2) is 8.72. The third-order valence-corrected chi connectivity index (χ3v) is 6.97. The minimum Gasteiger partial charge on any atom is -0.348 e. The maximum absolute atomic E-state index is 12.9. The quantitative estimate of drug-likeness (QED) is 0.596. The molecule has 4 nitrogen and oxygen atoms in total. The SMILES string of the molecule is C=CCNC(=O)c1c(NC(=O)c2ccccc2Cl)sc2c1CCC(C(C)(C)C)C2. The fourth-order valence-electron chi connectivity index (χ4n) is 3.72. The molecule has 1 unspecified atom stereocenters. The maximum Gasteiger partial charge on any atom is 0.257 e. The number of anilines is 1. The molecule has 2 aromatic rings. The van der Waals surface area contributed by atoms with E-state index in [0.717, 1.165) is 24.8 Å². The average molecular weight is 431 g/mol.